The SMILES string of the molecule is Cc1cc2c(SCC(=O)N[C@H]3COC[C@H]3Cc3ccncc3)ncnc2s1. The largest absolute Gasteiger partial charge is 0.379 e. The first-order chi connectivity index (χ1) is 13.2. The molecule has 0 bridgehead atoms. The molecule has 140 valence electrons. The second-order valence-electron chi connectivity index (χ2n) is 6.57. The van der Waals surface area contributed by atoms with Gasteiger partial charge in [-0.25, -0.2) is 9.97 Å². The summed E-state index contributed by atoms with van der Waals surface area (Å²) in [6.07, 6.45) is 6.03. The number of carbonyl (C=O) groups is 1. The summed E-state index contributed by atoms with van der Waals surface area (Å²) in [6.45, 7) is 3.28. The molecule has 6 nitrogen and oxygen atoms in total. The molecule has 8 heteroatoms. The highest BCUT2D eigenvalue weighted by Crippen LogP contribution is 2.30. The molecule has 1 N–H and O–H groups in total. The van der Waals surface area contributed by atoms with Gasteiger partial charge in [-0.05, 0) is 37.1 Å². The van der Waals surface area contributed by atoms with Crippen LogP contribution in [0.1, 0.15) is 10.4 Å². The molecule has 0 saturated carbocycles. The lowest BCUT2D eigenvalue weighted by Gasteiger charge is -2.19. The number of aryl methyl sites for hydroxylation is 1. The number of ether oxygens (including phenoxy) is 1. The lowest BCUT2D eigenvalue weighted by atomic mass is 9.95. The Labute approximate surface area is 165 Å². The van der Waals surface area contributed by atoms with Crippen LogP contribution in [0, 0.1) is 12.8 Å². The number of hydrogen-bond donors (Lipinski definition) is 1. The minimum Gasteiger partial charge on any atom is -0.379 e. The van der Waals surface area contributed by atoms with Crippen molar-refractivity contribution in [2.45, 2.75) is 24.4 Å². The van der Waals surface area contributed by atoms with E-state index in [0.717, 1.165) is 21.7 Å². The van der Waals surface area contributed by atoms with Gasteiger partial charge in [0, 0.05) is 28.6 Å². The summed E-state index contributed by atoms with van der Waals surface area (Å²) < 4.78 is 5.61. The lowest BCUT2D eigenvalue weighted by Crippen LogP contribution is -2.41. The lowest BCUT2D eigenvalue weighted by molar-refractivity contribution is -0.119. The Morgan fingerprint density at radius 3 is 3.04 bits per heavy atom. The van der Waals surface area contributed by atoms with Crippen LogP contribution in [0.2, 0.25) is 0 Å². The second kappa shape index (κ2) is 8.33. The molecule has 1 saturated heterocycles. The number of hydrogen-bond acceptors (Lipinski definition) is 7. The standard InChI is InChI=1S/C19H20N4O2S2/c1-12-6-15-18(21-11-22-19(15)27-12)26-10-17(24)23-16-9-25-8-14(16)7-13-2-4-20-5-3-13/h2-6,11,14,16H,7-10H2,1H3,(H,23,24)/t14-,16+/m1/s1. The van der Waals surface area contributed by atoms with Gasteiger partial charge in [-0.2, -0.15) is 0 Å². The Kier molecular flexibility index (Phi) is 5.66. The van der Waals surface area contributed by atoms with Crippen molar-refractivity contribution >= 4 is 39.2 Å². The number of rotatable bonds is 6. The zero-order valence-corrected chi connectivity index (χ0v) is 16.6. The van der Waals surface area contributed by atoms with E-state index < -0.39 is 0 Å². The summed E-state index contributed by atoms with van der Waals surface area (Å²) in [5, 5.41) is 5.01. The van der Waals surface area contributed by atoms with Crippen LogP contribution in [-0.4, -0.2) is 45.9 Å². The van der Waals surface area contributed by atoms with Gasteiger partial charge < -0.3 is 10.1 Å². The van der Waals surface area contributed by atoms with E-state index in [4.69, 9.17) is 4.74 Å². The van der Waals surface area contributed by atoms with Gasteiger partial charge in [0.15, 0.2) is 0 Å². The molecule has 0 aliphatic carbocycles. The highest BCUT2D eigenvalue weighted by Gasteiger charge is 2.29. The number of thiophene rings is 1. The van der Waals surface area contributed by atoms with E-state index in [1.807, 2.05) is 12.1 Å². The van der Waals surface area contributed by atoms with Gasteiger partial charge in [-0.3, -0.25) is 9.78 Å². The smallest absolute Gasteiger partial charge is 0.230 e. The average Bonchev–Trinajstić information content (AvgIpc) is 3.26. The number of pyridine rings is 1. The second-order valence-corrected chi connectivity index (χ2v) is 8.77. The Bertz CT molecular complexity index is 932. The fraction of sp³-hybridized carbons (Fsp3) is 0.368. The van der Waals surface area contributed by atoms with Gasteiger partial charge in [-0.1, -0.05) is 11.8 Å². The molecule has 1 fully saturated rings. The number of amides is 1. The normalized spacial score (nSPS) is 19.4. The summed E-state index contributed by atoms with van der Waals surface area (Å²) >= 11 is 3.10. The van der Waals surface area contributed by atoms with Crippen LogP contribution in [0.3, 0.4) is 0 Å². The van der Waals surface area contributed by atoms with Crippen LogP contribution in [0.5, 0.6) is 0 Å². The molecule has 0 aromatic carbocycles. The van der Waals surface area contributed by atoms with Crippen molar-refractivity contribution in [3.05, 3.63) is 47.4 Å². The zero-order chi connectivity index (χ0) is 18.6. The predicted octanol–water partition coefficient (Wildman–Crippen LogP) is 2.86. The van der Waals surface area contributed by atoms with Crippen LogP contribution >= 0.6 is 23.1 Å². The molecule has 0 spiro atoms. The molecule has 27 heavy (non-hydrogen) atoms. The van der Waals surface area contributed by atoms with Crippen molar-refractivity contribution in [3.8, 4) is 0 Å². The molecule has 1 aliphatic heterocycles. The summed E-state index contributed by atoms with van der Waals surface area (Å²) in [5.74, 6) is 0.625. The molecule has 3 aromatic heterocycles. The van der Waals surface area contributed by atoms with Gasteiger partial charge in [0.2, 0.25) is 5.91 Å². The van der Waals surface area contributed by atoms with E-state index in [0.29, 0.717) is 19.0 Å². The third-order valence-electron chi connectivity index (χ3n) is 4.55. The van der Waals surface area contributed by atoms with Crippen molar-refractivity contribution in [1.82, 2.24) is 20.3 Å². The van der Waals surface area contributed by atoms with Crippen molar-refractivity contribution < 1.29 is 9.53 Å². The summed E-state index contributed by atoms with van der Waals surface area (Å²) in [5.41, 5.74) is 1.21. The van der Waals surface area contributed by atoms with Gasteiger partial charge >= 0.3 is 0 Å². The maximum atomic E-state index is 12.5. The molecular weight excluding hydrogens is 380 g/mol. The number of thioether (sulfide) groups is 1. The highest BCUT2D eigenvalue weighted by molar-refractivity contribution is 8.00. The zero-order valence-electron chi connectivity index (χ0n) is 14.9. The van der Waals surface area contributed by atoms with Gasteiger partial charge in [-0.15, -0.1) is 11.3 Å². The molecule has 3 aromatic rings. The van der Waals surface area contributed by atoms with E-state index in [9.17, 15) is 4.79 Å². The Morgan fingerprint density at radius 2 is 2.19 bits per heavy atom. The minimum atomic E-state index is 0.00828. The Balaban J connectivity index is 1.34. The first-order valence-electron chi connectivity index (χ1n) is 8.79. The van der Waals surface area contributed by atoms with Crippen LogP contribution in [-0.2, 0) is 16.0 Å². The number of carbonyl (C=O) groups excluding carboxylic acids is 1. The van der Waals surface area contributed by atoms with Gasteiger partial charge in [0.25, 0.3) is 0 Å². The van der Waals surface area contributed by atoms with Crippen LogP contribution < -0.4 is 5.32 Å². The Morgan fingerprint density at radius 1 is 1.33 bits per heavy atom. The first kappa shape index (κ1) is 18.3. The molecule has 1 amide bonds. The predicted molar refractivity (Wildman–Crippen MR) is 107 cm³/mol. The summed E-state index contributed by atoms with van der Waals surface area (Å²) in [4.78, 5) is 27.3. The number of nitrogens with one attached hydrogen (secondary N) is 1. The molecule has 2 atom stereocenters. The van der Waals surface area contributed by atoms with Crippen molar-refractivity contribution in [2.24, 2.45) is 5.92 Å². The molecule has 1 aliphatic rings. The van der Waals surface area contributed by atoms with E-state index in [2.05, 4.69) is 33.3 Å². The first-order valence-corrected chi connectivity index (χ1v) is 10.6. The monoisotopic (exact) mass is 400 g/mol. The Hall–Kier alpha value is -2.03. The number of fused-ring (bicyclic) bond motifs is 1. The fourth-order valence-corrected chi connectivity index (χ4v) is 4.93. The molecular formula is C19H20N4O2S2. The molecule has 4 rings (SSSR count). The quantitative estimate of drug-likeness (QED) is 0.506. The van der Waals surface area contributed by atoms with Crippen LogP contribution in [0.25, 0.3) is 10.2 Å². The topological polar surface area (TPSA) is 77.0 Å². The van der Waals surface area contributed by atoms with Crippen LogP contribution in [0.15, 0.2) is 41.9 Å². The molecule has 0 radical (unpaired) electrons. The van der Waals surface area contributed by atoms with E-state index in [1.165, 1.54) is 22.2 Å². The van der Waals surface area contributed by atoms with Gasteiger partial charge in [0.1, 0.15) is 16.2 Å². The molecule has 4 heterocycles. The van der Waals surface area contributed by atoms with E-state index >= 15 is 0 Å². The summed E-state index contributed by atoms with van der Waals surface area (Å²) in [7, 11) is 0. The maximum Gasteiger partial charge on any atom is 0.230 e. The molecule has 0 unspecified atom stereocenters. The van der Waals surface area contributed by atoms with Gasteiger partial charge in [0.05, 0.1) is 25.0 Å². The van der Waals surface area contributed by atoms with Crippen molar-refractivity contribution in [1.29, 1.82) is 0 Å². The third kappa shape index (κ3) is 4.45. The number of nitrogens with zero attached hydrogens (tertiary/aromatic N) is 3. The van der Waals surface area contributed by atoms with E-state index in [-0.39, 0.29) is 17.9 Å². The minimum absolute atomic E-state index is 0.00828. The highest BCUT2D eigenvalue weighted by atomic mass is 32.2. The van der Waals surface area contributed by atoms with E-state index in [1.54, 1.807) is 30.1 Å². The third-order valence-corrected chi connectivity index (χ3v) is 6.51. The average molecular weight is 401 g/mol. The van der Waals surface area contributed by atoms with Crippen molar-refractivity contribution in [2.75, 3.05) is 19.0 Å². The van der Waals surface area contributed by atoms with Crippen LogP contribution in [0.4, 0.5) is 0 Å². The maximum absolute atomic E-state index is 12.5. The van der Waals surface area contributed by atoms with Crippen molar-refractivity contribution in [3.63, 3.8) is 0 Å². The fourth-order valence-electron chi connectivity index (χ4n) is 3.23. The summed E-state index contributed by atoms with van der Waals surface area (Å²) in [6, 6.07) is 6.14. The number of aromatic nitrogens is 3.